The maximum Gasteiger partial charge on any atom is 0.306 e. The molecular weight excluding hydrogens is 617 g/mol. The number of unbranched alkanes of at least 4 members (excludes halogenated alkanes) is 12. The molecule has 0 aromatic heterocycles. The van der Waals surface area contributed by atoms with E-state index in [1.165, 1.54) is 184 Å². The standard InChI is InChI=1S/C42H82O3S2/c1-5-39(26-22-23-38(2)3)24-14-15-25-40-27-29-41(30-28-40)37-42(43)45-32-17-9-13-21-36-47-34-19-11-7-6-10-18-33-46-35-20-12-8-16-31-44-4/h38-41H,5-37H2,1-4H3. The van der Waals surface area contributed by atoms with E-state index in [9.17, 15) is 4.79 Å². The van der Waals surface area contributed by atoms with E-state index in [-0.39, 0.29) is 5.97 Å². The van der Waals surface area contributed by atoms with E-state index >= 15 is 0 Å². The number of hydrogen-bond acceptors (Lipinski definition) is 5. The van der Waals surface area contributed by atoms with Crippen LogP contribution in [0.25, 0.3) is 0 Å². The van der Waals surface area contributed by atoms with Crippen LogP contribution in [0.4, 0.5) is 0 Å². The highest BCUT2D eigenvalue weighted by atomic mass is 32.2. The summed E-state index contributed by atoms with van der Waals surface area (Å²) >= 11 is 4.30. The second kappa shape index (κ2) is 34.6. The molecule has 1 unspecified atom stereocenters. The summed E-state index contributed by atoms with van der Waals surface area (Å²) in [5.74, 6) is 8.67. The van der Waals surface area contributed by atoms with E-state index in [0.717, 1.165) is 30.8 Å². The molecule has 1 aliphatic carbocycles. The monoisotopic (exact) mass is 699 g/mol. The van der Waals surface area contributed by atoms with Crippen molar-refractivity contribution in [3.05, 3.63) is 0 Å². The molecule has 47 heavy (non-hydrogen) atoms. The molecule has 3 nitrogen and oxygen atoms in total. The zero-order valence-corrected chi connectivity index (χ0v) is 33.8. The molecule has 0 radical (unpaired) electrons. The minimum Gasteiger partial charge on any atom is -0.466 e. The van der Waals surface area contributed by atoms with Gasteiger partial charge in [-0.15, -0.1) is 0 Å². The molecule has 1 fully saturated rings. The third-order valence-corrected chi connectivity index (χ3v) is 12.8. The van der Waals surface area contributed by atoms with E-state index in [1.54, 1.807) is 7.11 Å². The summed E-state index contributed by atoms with van der Waals surface area (Å²) in [6.45, 7) is 8.63. The van der Waals surface area contributed by atoms with Gasteiger partial charge in [-0.3, -0.25) is 4.79 Å². The number of methoxy groups -OCH3 is 1. The Balaban J connectivity index is 1.80. The summed E-state index contributed by atoms with van der Waals surface area (Å²) in [5, 5.41) is 0. The smallest absolute Gasteiger partial charge is 0.306 e. The maximum atomic E-state index is 12.4. The molecule has 280 valence electrons. The van der Waals surface area contributed by atoms with Gasteiger partial charge in [-0.05, 0) is 98.0 Å². The highest BCUT2D eigenvalue weighted by Gasteiger charge is 2.23. The molecule has 0 aromatic rings. The molecule has 1 atom stereocenters. The Kier molecular flexibility index (Phi) is 33.2. The molecular formula is C42H82O3S2. The summed E-state index contributed by atoms with van der Waals surface area (Å²) in [5.41, 5.74) is 0. The first-order valence-corrected chi connectivity index (χ1v) is 23.2. The first-order chi connectivity index (χ1) is 23.0. The fourth-order valence-corrected chi connectivity index (χ4v) is 9.26. The van der Waals surface area contributed by atoms with Crippen molar-refractivity contribution in [2.45, 2.75) is 194 Å². The van der Waals surface area contributed by atoms with Gasteiger partial charge in [0.1, 0.15) is 0 Å². The molecule has 0 N–H and O–H groups in total. The van der Waals surface area contributed by atoms with Crippen molar-refractivity contribution in [2.24, 2.45) is 23.7 Å². The highest BCUT2D eigenvalue weighted by Crippen LogP contribution is 2.34. The van der Waals surface area contributed by atoms with Crippen LogP contribution in [0.3, 0.4) is 0 Å². The van der Waals surface area contributed by atoms with Gasteiger partial charge < -0.3 is 9.47 Å². The molecule has 0 heterocycles. The summed E-state index contributed by atoms with van der Waals surface area (Å²) in [7, 11) is 1.80. The van der Waals surface area contributed by atoms with E-state index in [1.807, 2.05) is 0 Å². The van der Waals surface area contributed by atoms with Crippen molar-refractivity contribution in [2.75, 3.05) is 43.3 Å². The Labute approximate surface area is 303 Å². The van der Waals surface area contributed by atoms with Gasteiger partial charge in [-0.25, -0.2) is 0 Å². The fourth-order valence-electron chi connectivity index (χ4n) is 7.22. The molecule has 5 heteroatoms. The Hall–Kier alpha value is 0.130. The fraction of sp³-hybridized carbons (Fsp3) is 0.976. The van der Waals surface area contributed by atoms with E-state index < -0.39 is 0 Å². The van der Waals surface area contributed by atoms with Gasteiger partial charge in [-0.2, -0.15) is 23.5 Å². The highest BCUT2D eigenvalue weighted by molar-refractivity contribution is 7.99. The second-order valence-electron chi connectivity index (χ2n) is 15.4. The molecule has 0 spiro atoms. The SMILES string of the molecule is CCC(CCCCC1CCC(CC(=O)OCCCCCCSCCCCCCCCSCCCCCCOC)CC1)CCCC(C)C. The third-order valence-electron chi connectivity index (χ3n) is 10.5. The van der Waals surface area contributed by atoms with Crippen molar-refractivity contribution in [1.29, 1.82) is 0 Å². The molecule has 0 saturated heterocycles. The average Bonchev–Trinajstić information content (AvgIpc) is 3.06. The molecule has 0 aliphatic heterocycles. The topological polar surface area (TPSA) is 35.5 Å². The Morgan fingerprint density at radius 1 is 0.596 bits per heavy atom. The normalized spacial score (nSPS) is 17.4. The summed E-state index contributed by atoms with van der Waals surface area (Å²) in [4.78, 5) is 12.4. The molecule has 0 aromatic carbocycles. The largest absolute Gasteiger partial charge is 0.466 e. The number of ether oxygens (including phenoxy) is 2. The zero-order valence-electron chi connectivity index (χ0n) is 32.2. The molecule has 1 rings (SSSR count). The van der Waals surface area contributed by atoms with Crippen molar-refractivity contribution < 1.29 is 14.3 Å². The summed E-state index contributed by atoms with van der Waals surface area (Å²) in [6, 6.07) is 0. The minimum absolute atomic E-state index is 0.0611. The number of carbonyl (C=O) groups excluding carboxylic acids is 1. The van der Waals surface area contributed by atoms with Crippen LogP contribution in [0, 0.1) is 23.7 Å². The maximum absolute atomic E-state index is 12.4. The first kappa shape index (κ1) is 45.2. The Morgan fingerprint density at radius 3 is 1.62 bits per heavy atom. The number of thioether (sulfide) groups is 2. The van der Waals surface area contributed by atoms with Crippen LogP contribution in [-0.4, -0.2) is 49.3 Å². The van der Waals surface area contributed by atoms with E-state index in [2.05, 4.69) is 44.3 Å². The van der Waals surface area contributed by atoms with Crippen LogP contribution in [0.15, 0.2) is 0 Å². The lowest BCUT2D eigenvalue weighted by atomic mass is 9.78. The van der Waals surface area contributed by atoms with Crippen molar-refractivity contribution >= 4 is 29.5 Å². The van der Waals surface area contributed by atoms with E-state index in [0.29, 0.717) is 18.9 Å². The Bertz CT molecular complexity index is 650. The van der Waals surface area contributed by atoms with Crippen LogP contribution < -0.4 is 0 Å². The molecule has 0 bridgehead atoms. The number of hydrogen-bond donors (Lipinski definition) is 0. The van der Waals surface area contributed by atoms with Gasteiger partial charge in [0, 0.05) is 20.1 Å². The molecule has 1 saturated carbocycles. The van der Waals surface area contributed by atoms with Crippen LogP contribution >= 0.6 is 23.5 Å². The molecule has 0 amide bonds. The average molecular weight is 699 g/mol. The van der Waals surface area contributed by atoms with Gasteiger partial charge in [0.05, 0.1) is 6.61 Å². The molecule has 1 aliphatic rings. The van der Waals surface area contributed by atoms with E-state index in [4.69, 9.17) is 9.47 Å². The quantitative estimate of drug-likeness (QED) is 0.0486. The lowest BCUT2D eigenvalue weighted by Gasteiger charge is -2.28. The van der Waals surface area contributed by atoms with Gasteiger partial charge in [0.2, 0.25) is 0 Å². The third kappa shape index (κ3) is 30.7. The summed E-state index contributed by atoms with van der Waals surface area (Å²) in [6.07, 6.45) is 35.6. The minimum atomic E-state index is 0.0611. The predicted octanol–water partition coefficient (Wildman–Crippen LogP) is 13.7. The first-order valence-electron chi connectivity index (χ1n) is 20.8. The van der Waals surface area contributed by atoms with Crippen molar-refractivity contribution in [3.8, 4) is 0 Å². The van der Waals surface area contributed by atoms with Crippen LogP contribution in [0.2, 0.25) is 0 Å². The van der Waals surface area contributed by atoms with Gasteiger partial charge in [0.25, 0.3) is 0 Å². The number of carbonyl (C=O) groups is 1. The van der Waals surface area contributed by atoms with Crippen molar-refractivity contribution in [3.63, 3.8) is 0 Å². The second-order valence-corrected chi connectivity index (χ2v) is 17.8. The van der Waals surface area contributed by atoms with Crippen LogP contribution in [0.1, 0.15) is 194 Å². The van der Waals surface area contributed by atoms with Crippen LogP contribution in [0.5, 0.6) is 0 Å². The predicted molar refractivity (Wildman–Crippen MR) is 213 cm³/mol. The van der Waals surface area contributed by atoms with Gasteiger partial charge in [0.15, 0.2) is 0 Å². The number of esters is 1. The van der Waals surface area contributed by atoms with Gasteiger partial charge in [-0.1, -0.05) is 136 Å². The Morgan fingerprint density at radius 2 is 1.09 bits per heavy atom. The lowest BCUT2D eigenvalue weighted by molar-refractivity contribution is -0.145. The number of rotatable bonds is 35. The zero-order chi connectivity index (χ0) is 34.0. The summed E-state index contributed by atoms with van der Waals surface area (Å²) < 4.78 is 10.7. The van der Waals surface area contributed by atoms with Gasteiger partial charge >= 0.3 is 5.97 Å². The lowest BCUT2D eigenvalue weighted by Crippen LogP contribution is -2.19. The van der Waals surface area contributed by atoms with Crippen molar-refractivity contribution in [1.82, 2.24) is 0 Å². The van der Waals surface area contributed by atoms with Crippen LogP contribution in [-0.2, 0) is 14.3 Å².